The summed E-state index contributed by atoms with van der Waals surface area (Å²) in [5.41, 5.74) is 0. The Hall–Kier alpha value is -0.860. The number of morpholine rings is 1. The molecule has 0 radical (unpaired) electrons. The second-order valence-corrected chi connectivity index (χ2v) is 2.88. The molecule has 1 unspecified atom stereocenters. The normalized spacial score (nSPS) is 23.0. The van der Waals surface area contributed by atoms with E-state index in [9.17, 15) is 0 Å². The molecule has 0 amide bonds. The van der Waals surface area contributed by atoms with E-state index in [0.29, 0.717) is 18.3 Å². The van der Waals surface area contributed by atoms with Crippen LogP contribution in [0, 0.1) is 11.3 Å². The molecule has 0 aromatic heterocycles. The van der Waals surface area contributed by atoms with Crippen molar-refractivity contribution in [2.24, 2.45) is 0 Å². The number of rotatable bonds is 0. The van der Waals surface area contributed by atoms with Crippen molar-refractivity contribution < 1.29 is 4.74 Å². The van der Waals surface area contributed by atoms with Gasteiger partial charge in [-0.3, -0.25) is 0 Å². The Balaban J connectivity index is 2.47. The van der Waals surface area contributed by atoms with E-state index in [4.69, 9.17) is 22.2 Å². The van der Waals surface area contributed by atoms with Gasteiger partial charge in [-0.15, -0.1) is 0 Å². The highest BCUT2D eigenvalue weighted by Gasteiger charge is 2.20. The molecule has 0 aliphatic carbocycles. The molecule has 1 saturated heterocycles. The van der Waals surface area contributed by atoms with Crippen LogP contribution in [-0.4, -0.2) is 42.9 Å². The first kappa shape index (κ1) is 9.23. The lowest BCUT2D eigenvalue weighted by Crippen LogP contribution is -2.48. The van der Waals surface area contributed by atoms with E-state index in [1.165, 1.54) is 0 Å². The van der Waals surface area contributed by atoms with Crippen molar-refractivity contribution in [2.75, 3.05) is 26.7 Å². The first-order chi connectivity index (χ1) is 5.77. The van der Waals surface area contributed by atoms with E-state index < -0.39 is 0 Å². The maximum Gasteiger partial charge on any atom is 0.168 e. The highest BCUT2D eigenvalue weighted by Crippen LogP contribution is 2.03. The smallest absolute Gasteiger partial charge is 0.168 e. The van der Waals surface area contributed by atoms with Crippen LogP contribution in [0.2, 0.25) is 0 Å². The molecule has 12 heavy (non-hydrogen) atoms. The van der Waals surface area contributed by atoms with Crippen molar-refractivity contribution in [3.63, 3.8) is 0 Å². The van der Waals surface area contributed by atoms with Crippen molar-refractivity contribution in [1.29, 1.82) is 5.26 Å². The van der Waals surface area contributed by atoms with E-state index in [1.54, 1.807) is 7.05 Å². The van der Waals surface area contributed by atoms with E-state index in [1.807, 2.05) is 4.90 Å². The molecular formula is C7H11N3OS. The van der Waals surface area contributed by atoms with E-state index in [-0.39, 0.29) is 6.10 Å². The first-order valence-corrected chi connectivity index (χ1v) is 4.16. The largest absolute Gasteiger partial charge is 0.366 e. The summed E-state index contributed by atoms with van der Waals surface area (Å²) in [6.45, 7) is 1.90. The standard InChI is InChI=1S/C7H11N3OS/c1-9-7(12)10-2-3-11-6(4-8)5-10/h6H,2-3,5H2,1H3,(H,9,12). The molecule has 1 fully saturated rings. The van der Waals surface area contributed by atoms with E-state index in [2.05, 4.69) is 11.4 Å². The molecular weight excluding hydrogens is 174 g/mol. The Morgan fingerprint density at radius 2 is 2.58 bits per heavy atom. The van der Waals surface area contributed by atoms with Crippen LogP contribution in [-0.2, 0) is 4.74 Å². The van der Waals surface area contributed by atoms with Crippen molar-refractivity contribution in [2.45, 2.75) is 6.10 Å². The number of thiocarbonyl (C=S) groups is 1. The van der Waals surface area contributed by atoms with Gasteiger partial charge in [0.05, 0.1) is 19.2 Å². The molecule has 1 aliphatic rings. The lowest BCUT2D eigenvalue weighted by Gasteiger charge is -2.31. The van der Waals surface area contributed by atoms with Gasteiger partial charge in [-0.25, -0.2) is 0 Å². The van der Waals surface area contributed by atoms with Crippen LogP contribution in [0.4, 0.5) is 0 Å². The maximum atomic E-state index is 8.60. The second kappa shape index (κ2) is 4.24. The Morgan fingerprint density at radius 3 is 3.17 bits per heavy atom. The van der Waals surface area contributed by atoms with Gasteiger partial charge in [0.2, 0.25) is 0 Å². The molecule has 1 rings (SSSR count). The molecule has 0 spiro atoms. The Kier molecular flexibility index (Phi) is 3.26. The highest BCUT2D eigenvalue weighted by molar-refractivity contribution is 7.80. The van der Waals surface area contributed by atoms with Crippen LogP contribution in [0.25, 0.3) is 0 Å². The minimum absolute atomic E-state index is 0.343. The second-order valence-electron chi connectivity index (χ2n) is 2.49. The monoisotopic (exact) mass is 185 g/mol. The molecule has 0 aromatic rings. The molecule has 1 N–H and O–H groups in total. The third kappa shape index (κ3) is 2.06. The van der Waals surface area contributed by atoms with Crippen LogP contribution in [0.5, 0.6) is 0 Å². The summed E-state index contributed by atoms with van der Waals surface area (Å²) in [5.74, 6) is 0. The number of ether oxygens (including phenoxy) is 1. The predicted octanol–water partition coefficient (Wildman–Crippen LogP) is -0.285. The Bertz CT molecular complexity index is 213. The van der Waals surface area contributed by atoms with Gasteiger partial charge in [0, 0.05) is 13.6 Å². The summed E-state index contributed by atoms with van der Waals surface area (Å²) in [4.78, 5) is 1.94. The van der Waals surface area contributed by atoms with Gasteiger partial charge in [-0.05, 0) is 12.2 Å². The van der Waals surface area contributed by atoms with E-state index >= 15 is 0 Å². The number of hydrogen-bond acceptors (Lipinski definition) is 3. The number of nitrogens with zero attached hydrogens (tertiary/aromatic N) is 2. The molecule has 66 valence electrons. The minimum atomic E-state index is -0.343. The average Bonchev–Trinajstić information content (AvgIpc) is 2.17. The number of hydrogen-bond donors (Lipinski definition) is 1. The first-order valence-electron chi connectivity index (χ1n) is 3.76. The minimum Gasteiger partial charge on any atom is -0.366 e. The SMILES string of the molecule is CNC(=S)N1CCOC(C#N)C1. The summed E-state index contributed by atoms with van der Waals surface area (Å²) in [7, 11) is 1.78. The van der Waals surface area contributed by atoms with Crippen molar-refractivity contribution in [3.05, 3.63) is 0 Å². The van der Waals surface area contributed by atoms with Gasteiger partial charge in [0.25, 0.3) is 0 Å². The fraction of sp³-hybridized carbons (Fsp3) is 0.714. The van der Waals surface area contributed by atoms with Gasteiger partial charge < -0.3 is 15.0 Å². The highest BCUT2D eigenvalue weighted by atomic mass is 32.1. The van der Waals surface area contributed by atoms with Crippen LogP contribution < -0.4 is 5.32 Å². The lowest BCUT2D eigenvalue weighted by atomic mass is 10.3. The van der Waals surface area contributed by atoms with Crippen LogP contribution in [0.15, 0.2) is 0 Å². The van der Waals surface area contributed by atoms with Gasteiger partial charge >= 0.3 is 0 Å². The van der Waals surface area contributed by atoms with Gasteiger partial charge in [-0.1, -0.05) is 0 Å². The van der Waals surface area contributed by atoms with Gasteiger partial charge in [0.15, 0.2) is 11.2 Å². The summed E-state index contributed by atoms with van der Waals surface area (Å²) in [6.07, 6.45) is -0.343. The summed E-state index contributed by atoms with van der Waals surface area (Å²) >= 11 is 5.03. The summed E-state index contributed by atoms with van der Waals surface area (Å²) in [6, 6.07) is 2.06. The lowest BCUT2D eigenvalue weighted by molar-refractivity contribution is 0.0264. The third-order valence-electron chi connectivity index (χ3n) is 1.71. The van der Waals surface area contributed by atoms with Crippen LogP contribution >= 0.6 is 12.2 Å². The molecule has 5 heteroatoms. The summed E-state index contributed by atoms with van der Waals surface area (Å²) in [5, 5.41) is 12.1. The average molecular weight is 185 g/mol. The van der Waals surface area contributed by atoms with Crippen molar-refractivity contribution in [1.82, 2.24) is 10.2 Å². The Morgan fingerprint density at radius 1 is 1.83 bits per heavy atom. The number of nitrogens with one attached hydrogen (secondary N) is 1. The quantitative estimate of drug-likeness (QED) is 0.526. The molecule has 1 aliphatic heterocycles. The van der Waals surface area contributed by atoms with Gasteiger partial charge in [-0.2, -0.15) is 5.26 Å². The van der Waals surface area contributed by atoms with Gasteiger partial charge in [0.1, 0.15) is 0 Å². The zero-order valence-corrected chi connectivity index (χ0v) is 7.73. The van der Waals surface area contributed by atoms with Crippen LogP contribution in [0.1, 0.15) is 0 Å². The molecule has 4 nitrogen and oxygen atoms in total. The fourth-order valence-corrected chi connectivity index (χ4v) is 1.24. The topological polar surface area (TPSA) is 48.3 Å². The molecule has 0 aromatic carbocycles. The molecule has 1 atom stereocenters. The fourth-order valence-electron chi connectivity index (χ4n) is 1.07. The van der Waals surface area contributed by atoms with Crippen LogP contribution in [0.3, 0.4) is 0 Å². The predicted molar refractivity (Wildman–Crippen MR) is 48.6 cm³/mol. The van der Waals surface area contributed by atoms with Crippen molar-refractivity contribution in [3.8, 4) is 6.07 Å². The molecule has 0 saturated carbocycles. The molecule has 1 heterocycles. The maximum absolute atomic E-state index is 8.60. The summed E-state index contributed by atoms with van der Waals surface area (Å²) < 4.78 is 5.16. The Labute approximate surface area is 77.1 Å². The van der Waals surface area contributed by atoms with E-state index in [0.717, 1.165) is 6.54 Å². The number of nitriles is 1. The zero-order chi connectivity index (χ0) is 8.97. The zero-order valence-electron chi connectivity index (χ0n) is 6.91. The van der Waals surface area contributed by atoms with Crippen molar-refractivity contribution >= 4 is 17.3 Å². The third-order valence-corrected chi connectivity index (χ3v) is 2.17. The molecule has 0 bridgehead atoms.